The molecule has 7 rings (SSSR count). The van der Waals surface area contributed by atoms with Crippen molar-refractivity contribution >= 4 is 46.1 Å². The van der Waals surface area contributed by atoms with Gasteiger partial charge in [0.25, 0.3) is 11.8 Å². The minimum atomic E-state index is -3.17. The Morgan fingerprint density at radius 1 is 0.633 bits per heavy atom. The summed E-state index contributed by atoms with van der Waals surface area (Å²) in [5, 5.41) is 4.93. The molecule has 0 aliphatic carbocycles. The molecule has 0 spiro atoms. The van der Waals surface area contributed by atoms with Crippen LogP contribution in [0.15, 0.2) is 60.7 Å². The molecule has 0 unspecified atom stereocenters. The van der Waals surface area contributed by atoms with Crippen molar-refractivity contribution in [3.63, 3.8) is 0 Å². The average Bonchev–Trinajstić information content (AvgIpc) is 3.99. The smallest absolute Gasteiger partial charge is 0.407 e. The molecular weight excluding hydrogens is 789 g/mol. The molecule has 0 radical (unpaired) electrons. The molecular formula is C42H46F4N8O6. The van der Waals surface area contributed by atoms with Gasteiger partial charge in [-0.05, 0) is 58.4 Å². The Morgan fingerprint density at radius 3 is 1.32 bits per heavy atom. The van der Waals surface area contributed by atoms with Crippen molar-refractivity contribution < 1.29 is 46.2 Å². The summed E-state index contributed by atoms with van der Waals surface area (Å²) in [6.45, 7) is 5.17. The number of hydrogen-bond donors (Lipinski definition) is 4. The van der Waals surface area contributed by atoms with Crippen molar-refractivity contribution in [3.8, 4) is 22.3 Å². The highest BCUT2D eigenvalue weighted by atomic mass is 19.3. The fourth-order valence-electron chi connectivity index (χ4n) is 7.93. The van der Waals surface area contributed by atoms with Gasteiger partial charge in [-0.15, -0.1) is 0 Å². The number of alkyl carbamates (subject to hydrolysis) is 2. The van der Waals surface area contributed by atoms with Gasteiger partial charge in [0, 0.05) is 12.8 Å². The normalized spacial score (nSPS) is 19.5. The number of carbonyl (C=O) groups excluding carboxylic acids is 4. The highest BCUT2D eigenvalue weighted by molar-refractivity contribution is 5.89. The number of halogens is 4. The van der Waals surface area contributed by atoms with E-state index in [-0.39, 0.29) is 11.6 Å². The predicted molar refractivity (Wildman–Crippen MR) is 213 cm³/mol. The van der Waals surface area contributed by atoms with Crippen LogP contribution in [-0.2, 0) is 19.1 Å². The molecule has 4 atom stereocenters. The molecule has 2 aliphatic rings. The molecule has 2 fully saturated rings. The monoisotopic (exact) mass is 834 g/mol. The summed E-state index contributed by atoms with van der Waals surface area (Å²) < 4.78 is 68.8. The first-order chi connectivity index (χ1) is 28.4. The number of methoxy groups -OCH3 is 2. The van der Waals surface area contributed by atoms with Gasteiger partial charge in [0.2, 0.25) is 11.8 Å². The number of alkyl halides is 4. The highest BCUT2D eigenvalue weighted by Gasteiger charge is 2.51. The van der Waals surface area contributed by atoms with Gasteiger partial charge in [-0.2, -0.15) is 0 Å². The lowest BCUT2D eigenvalue weighted by molar-refractivity contribution is -0.137. The van der Waals surface area contributed by atoms with Gasteiger partial charge < -0.3 is 39.9 Å². The standard InChI is InChI=1S/C42H46F4N8O6/c1-21(2)33(51-39(57)59-5)37(55)53-19-41(43,44)17-31(53)35-47-27-13-11-25(15-29(27)49-35)23-7-9-24(10-8-23)26-12-14-28-30(16-26)50-36(48-28)32-18-42(45,46)20-54(32)38(56)34(22(3)4)52-40(58)60-6/h7-16,21-22,31-34H,17-20H2,1-6H3,(H,47,49)(H,48,50)(H,51,57)(H,52,58)/t31-,32+,33-,34-/m0/s1. The third kappa shape index (κ3) is 8.45. The summed E-state index contributed by atoms with van der Waals surface area (Å²) in [4.78, 5) is 68.7. The molecule has 18 heteroatoms. The molecule has 318 valence electrons. The molecule has 0 bridgehead atoms. The van der Waals surface area contributed by atoms with Gasteiger partial charge in [-0.3, -0.25) is 9.59 Å². The van der Waals surface area contributed by atoms with Gasteiger partial charge >= 0.3 is 12.2 Å². The topological polar surface area (TPSA) is 175 Å². The van der Waals surface area contributed by atoms with Gasteiger partial charge in [-0.1, -0.05) is 64.1 Å². The summed E-state index contributed by atoms with van der Waals surface area (Å²) in [6, 6.07) is 14.4. The van der Waals surface area contributed by atoms with E-state index in [0.29, 0.717) is 22.1 Å². The molecule has 5 aromatic rings. The molecule has 2 aliphatic heterocycles. The lowest BCUT2D eigenvalue weighted by Crippen LogP contribution is -2.51. The summed E-state index contributed by atoms with van der Waals surface area (Å²) in [7, 11) is 2.31. The molecule has 4 N–H and O–H groups in total. The van der Waals surface area contributed by atoms with E-state index in [0.717, 1.165) is 46.3 Å². The number of carbonyl (C=O) groups is 4. The summed E-state index contributed by atoms with van der Waals surface area (Å²) in [5.74, 6) is -8.03. The van der Waals surface area contributed by atoms with Crippen LogP contribution in [0.4, 0.5) is 27.2 Å². The maximum atomic E-state index is 14.9. The van der Waals surface area contributed by atoms with Crippen molar-refractivity contribution in [2.24, 2.45) is 11.8 Å². The second-order valence-corrected chi connectivity index (χ2v) is 16.1. The van der Waals surface area contributed by atoms with E-state index in [1.165, 1.54) is 0 Å². The van der Waals surface area contributed by atoms with Crippen molar-refractivity contribution in [2.75, 3.05) is 27.3 Å². The Hall–Kier alpha value is -6.20. The molecule has 4 heterocycles. The predicted octanol–water partition coefficient (Wildman–Crippen LogP) is 7.35. The number of H-pyrrole nitrogens is 2. The number of nitrogens with one attached hydrogen (secondary N) is 4. The Bertz CT molecular complexity index is 2270. The molecule has 2 aromatic heterocycles. The maximum Gasteiger partial charge on any atom is 0.407 e. The second kappa shape index (κ2) is 16.1. The van der Waals surface area contributed by atoms with Crippen molar-refractivity contribution in [3.05, 3.63) is 72.3 Å². The van der Waals surface area contributed by atoms with Gasteiger partial charge in [0.05, 0.1) is 61.5 Å². The molecule has 3 aromatic carbocycles. The zero-order chi connectivity index (χ0) is 43.3. The average molecular weight is 835 g/mol. The molecule has 14 nitrogen and oxygen atoms in total. The minimum Gasteiger partial charge on any atom is -0.453 e. The van der Waals surface area contributed by atoms with Crippen molar-refractivity contribution in [1.82, 2.24) is 40.4 Å². The van der Waals surface area contributed by atoms with Crippen LogP contribution >= 0.6 is 0 Å². The number of nitrogens with zero attached hydrogens (tertiary/aromatic N) is 4. The fourth-order valence-corrected chi connectivity index (χ4v) is 7.93. The number of fused-ring (bicyclic) bond motifs is 2. The number of aromatic amines is 2. The van der Waals surface area contributed by atoms with E-state index in [2.05, 4.69) is 40.0 Å². The Morgan fingerprint density at radius 2 is 0.983 bits per heavy atom. The first-order valence-electron chi connectivity index (χ1n) is 19.5. The first-order valence-corrected chi connectivity index (χ1v) is 19.5. The van der Waals surface area contributed by atoms with Crippen LogP contribution in [0.5, 0.6) is 0 Å². The summed E-state index contributed by atoms with van der Waals surface area (Å²) >= 11 is 0. The SMILES string of the molecule is COC(=O)N[C@H](C(=O)N1CC(F)(F)C[C@@H]1c1nc2ccc(-c3ccc(-c4ccc5nc([C@@H]6CC(F)(F)CN6C(=O)[C@@H](NC(=O)OC)C(C)C)[nH]c5c4)cc3)cc2[nH]1)C(C)C. The molecule has 60 heavy (non-hydrogen) atoms. The molecule has 4 amide bonds. The van der Waals surface area contributed by atoms with E-state index in [1.54, 1.807) is 39.8 Å². The van der Waals surface area contributed by atoms with Crippen LogP contribution < -0.4 is 10.6 Å². The van der Waals surface area contributed by atoms with Crippen LogP contribution in [0.1, 0.15) is 64.3 Å². The molecule has 0 saturated carbocycles. The van der Waals surface area contributed by atoms with Crippen LogP contribution in [0, 0.1) is 11.8 Å². The van der Waals surface area contributed by atoms with Crippen LogP contribution in [0.2, 0.25) is 0 Å². The van der Waals surface area contributed by atoms with Crippen LogP contribution in [0.25, 0.3) is 44.3 Å². The Labute approximate surface area is 342 Å². The third-order valence-corrected chi connectivity index (χ3v) is 11.1. The number of amides is 4. The van der Waals surface area contributed by atoms with E-state index in [9.17, 15) is 36.7 Å². The Kier molecular flexibility index (Phi) is 11.3. The lowest BCUT2D eigenvalue weighted by atomic mass is 10.00. The van der Waals surface area contributed by atoms with E-state index in [4.69, 9.17) is 0 Å². The van der Waals surface area contributed by atoms with E-state index >= 15 is 0 Å². The third-order valence-electron chi connectivity index (χ3n) is 11.1. The second-order valence-electron chi connectivity index (χ2n) is 16.1. The van der Waals surface area contributed by atoms with Crippen LogP contribution in [-0.4, -0.2) is 105 Å². The van der Waals surface area contributed by atoms with Crippen molar-refractivity contribution in [2.45, 2.75) is 76.5 Å². The first kappa shape index (κ1) is 41.9. The zero-order valence-corrected chi connectivity index (χ0v) is 33.8. The quantitative estimate of drug-likeness (QED) is 0.106. The van der Waals surface area contributed by atoms with E-state index < -0.39 is 97.8 Å². The largest absolute Gasteiger partial charge is 0.453 e. The number of hydrogen-bond acceptors (Lipinski definition) is 8. The number of benzene rings is 3. The number of rotatable bonds is 10. The summed E-state index contributed by atoms with van der Waals surface area (Å²) in [5.41, 5.74) is 5.57. The number of imidazole rings is 2. The fraction of sp³-hybridized carbons (Fsp3) is 0.429. The highest BCUT2D eigenvalue weighted by Crippen LogP contribution is 2.43. The maximum absolute atomic E-state index is 14.9. The van der Waals surface area contributed by atoms with Gasteiger partial charge in [-0.25, -0.2) is 37.1 Å². The minimum absolute atomic E-state index is 0.206. The number of ether oxygens (including phenoxy) is 2. The Balaban J connectivity index is 1.10. The zero-order valence-electron chi connectivity index (χ0n) is 33.8. The number of aromatic nitrogens is 4. The van der Waals surface area contributed by atoms with Gasteiger partial charge in [0.1, 0.15) is 23.7 Å². The molecule has 2 saturated heterocycles. The summed E-state index contributed by atoms with van der Waals surface area (Å²) in [6.07, 6.45) is -2.95. The number of likely N-dealkylation sites (tertiary alicyclic amines) is 2. The van der Waals surface area contributed by atoms with Gasteiger partial charge in [0.15, 0.2) is 0 Å². The van der Waals surface area contributed by atoms with Crippen molar-refractivity contribution in [1.29, 1.82) is 0 Å². The van der Waals surface area contributed by atoms with Crippen LogP contribution in [0.3, 0.4) is 0 Å². The van der Waals surface area contributed by atoms with E-state index in [1.807, 2.05) is 48.5 Å². The lowest BCUT2D eigenvalue weighted by Gasteiger charge is -2.29.